The maximum absolute atomic E-state index is 13.3. The number of hydrogen-bond acceptors (Lipinski definition) is 6. The van der Waals surface area contributed by atoms with Gasteiger partial charge in [0.2, 0.25) is 0 Å². The monoisotopic (exact) mass is 536 g/mol. The fraction of sp³-hybridized carbons (Fsp3) is 0.214. The van der Waals surface area contributed by atoms with E-state index in [4.69, 9.17) is 9.72 Å². The fourth-order valence-corrected chi connectivity index (χ4v) is 4.98. The number of aromatic nitrogens is 4. The van der Waals surface area contributed by atoms with Crippen LogP contribution in [0.1, 0.15) is 33.0 Å². The number of alkyl halides is 3. The maximum Gasteiger partial charge on any atom is 0.421 e. The molecule has 0 aliphatic carbocycles. The number of halogens is 3. The van der Waals surface area contributed by atoms with Crippen molar-refractivity contribution in [3.63, 3.8) is 0 Å². The van der Waals surface area contributed by atoms with Crippen LogP contribution in [0, 0.1) is 20.8 Å². The van der Waals surface area contributed by atoms with Crippen LogP contribution >= 0.6 is 11.3 Å². The Hall–Kier alpha value is -4.05. The number of para-hydroxylation sites is 1. The lowest BCUT2D eigenvalue weighted by molar-refractivity contribution is -0.138. The summed E-state index contributed by atoms with van der Waals surface area (Å²) >= 11 is 1.58. The molecule has 0 unspecified atom stereocenters. The minimum absolute atomic E-state index is 0.0997. The fourth-order valence-electron chi connectivity index (χ4n) is 4.39. The van der Waals surface area contributed by atoms with E-state index in [1.165, 1.54) is 12.3 Å². The smallest absolute Gasteiger partial charge is 0.421 e. The molecule has 0 saturated carbocycles. The summed E-state index contributed by atoms with van der Waals surface area (Å²) in [5, 5.41) is 0.903. The van der Waals surface area contributed by atoms with Gasteiger partial charge in [-0.3, -0.25) is 9.78 Å². The van der Waals surface area contributed by atoms with E-state index < -0.39 is 17.3 Å². The van der Waals surface area contributed by atoms with Gasteiger partial charge in [-0.05, 0) is 56.7 Å². The van der Waals surface area contributed by atoms with Gasteiger partial charge in [0.15, 0.2) is 0 Å². The van der Waals surface area contributed by atoms with Crippen LogP contribution in [0.4, 0.5) is 13.2 Å². The van der Waals surface area contributed by atoms with Gasteiger partial charge in [-0.1, -0.05) is 12.1 Å². The van der Waals surface area contributed by atoms with Gasteiger partial charge in [0.25, 0.3) is 5.56 Å². The third kappa shape index (κ3) is 4.91. The lowest BCUT2D eigenvalue weighted by Gasteiger charge is -2.16. The van der Waals surface area contributed by atoms with Crippen LogP contribution in [-0.2, 0) is 19.3 Å². The van der Waals surface area contributed by atoms with Crippen LogP contribution in [0.5, 0.6) is 5.75 Å². The number of benzene rings is 1. The van der Waals surface area contributed by atoms with E-state index in [0.717, 1.165) is 43.4 Å². The molecule has 38 heavy (non-hydrogen) atoms. The van der Waals surface area contributed by atoms with Crippen molar-refractivity contribution in [2.24, 2.45) is 0 Å². The van der Waals surface area contributed by atoms with Gasteiger partial charge >= 0.3 is 6.18 Å². The van der Waals surface area contributed by atoms with Crippen molar-refractivity contribution < 1.29 is 17.9 Å². The number of hydrogen-bond donors (Lipinski definition) is 0. The van der Waals surface area contributed by atoms with Crippen LogP contribution < -0.4 is 10.3 Å². The molecule has 0 amide bonds. The molecule has 0 fully saturated rings. The van der Waals surface area contributed by atoms with E-state index in [1.807, 2.05) is 50.5 Å². The van der Waals surface area contributed by atoms with E-state index in [1.54, 1.807) is 23.6 Å². The Morgan fingerprint density at radius 1 is 1.05 bits per heavy atom. The van der Waals surface area contributed by atoms with E-state index in [2.05, 4.69) is 9.97 Å². The molecule has 4 heterocycles. The van der Waals surface area contributed by atoms with Gasteiger partial charge in [-0.25, -0.2) is 9.97 Å². The number of ether oxygens (including phenoxy) is 1. The SMILES string of the molecule is Cc1cc(-c2ncsc2C)c2cccc(OCc3c(C)ccnc3Cn3cccc(C(F)(F)F)c3=O)c2n1. The Morgan fingerprint density at radius 3 is 2.61 bits per heavy atom. The predicted molar refractivity (Wildman–Crippen MR) is 140 cm³/mol. The number of pyridine rings is 3. The highest BCUT2D eigenvalue weighted by Crippen LogP contribution is 2.35. The largest absolute Gasteiger partial charge is 0.487 e. The second-order valence-corrected chi connectivity index (χ2v) is 9.97. The number of thiazole rings is 1. The van der Waals surface area contributed by atoms with Crippen LogP contribution in [-0.4, -0.2) is 19.5 Å². The molecule has 0 aliphatic rings. The van der Waals surface area contributed by atoms with Gasteiger partial charge in [0.05, 0.1) is 23.4 Å². The first-order valence-electron chi connectivity index (χ1n) is 11.8. The number of fused-ring (bicyclic) bond motifs is 1. The highest BCUT2D eigenvalue weighted by atomic mass is 32.1. The lowest BCUT2D eigenvalue weighted by atomic mass is 10.0. The maximum atomic E-state index is 13.3. The average Bonchev–Trinajstić information content (AvgIpc) is 3.29. The van der Waals surface area contributed by atoms with Crippen LogP contribution in [0.25, 0.3) is 22.2 Å². The minimum atomic E-state index is -4.73. The summed E-state index contributed by atoms with van der Waals surface area (Å²) in [6, 6.07) is 11.5. The Balaban J connectivity index is 1.50. The molecule has 0 saturated heterocycles. The summed E-state index contributed by atoms with van der Waals surface area (Å²) < 4.78 is 47.0. The molecule has 4 aromatic heterocycles. The molecule has 0 radical (unpaired) electrons. The Bertz CT molecular complexity index is 1710. The first-order valence-corrected chi connectivity index (χ1v) is 12.6. The summed E-state index contributed by atoms with van der Waals surface area (Å²) in [4.78, 5) is 27.2. The highest BCUT2D eigenvalue weighted by molar-refractivity contribution is 7.10. The molecule has 0 N–H and O–H groups in total. The van der Waals surface area contributed by atoms with Crippen molar-refractivity contribution in [3.8, 4) is 17.0 Å². The van der Waals surface area contributed by atoms with Gasteiger partial charge in [0.1, 0.15) is 23.4 Å². The molecule has 0 bridgehead atoms. The summed E-state index contributed by atoms with van der Waals surface area (Å²) in [7, 11) is 0. The summed E-state index contributed by atoms with van der Waals surface area (Å²) in [5.41, 5.74) is 4.85. The van der Waals surface area contributed by atoms with Crippen LogP contribution in [0.3, 0.4) is 0 Å². The molecule has 6 nitrogen and oxygen atoms in total. The van der Waals surface area contributed by atoms with Gasteiger partial charge in [-0.15, -0.1) is 11.3 Å². The number of nitrogens with zero attached hydrogens (tertiary/aromatic N) is 4. The predicted octanol–water partition coefficient (Wildman–Crippen LogP) is 6.49. The zero-order valence-corrected chi connectivity index (χ0v) is 21.7. The molecular weight excluding hydrogens is 513 g/mol. The Morgan fingerprint density at radius 2 is 1.87 bits per heavy atom. The first-order chi connectivity index (χ1) is 18.1. The molecule has 1 aromatic carbocycles. The zero-order chi connectivity index (χ0) is 27.0. The molecule has 194 valence electrons. The molecule has 0 spiro atoms. The quantitative estimate of drug-likeness (QED) is 0.248. The summed E-state index contributed by atoms with van der Waals surface area (Å²) in [5.74, 6) is 0.561. The molecular formula is C28H23F3N4O2S. The minimum Gasteiger partial charge on any atom is -0.487 e. The summed E-state index contributed by atoms with van der Waals surface area (Å²) in [6.07, 6.45) is -1.84. The molecule has 5 aromatic rings. The van der Waals surface area contributed by atoms with Crippen LogP contribution in [0.2, 0.25) is 0 Å². The first kappa shape index (κ1) is 25.6. The van der Waals surface area contributed by atoms with Gasteiger partial charge in [-0.2, -0.15) is 13.2 Å². The normalized spacial score (nSPS) is 11.7. The van der Waals surface area contributed by atoms with Crippen molar-refractivity contribution in [3.05, 3.63) is 104 Å². The van der Waals surface area contributed by atoms with E-state index in [0.29, 0.717) is 22.5 Å². The zero-order valence-electron chi connectivity index (χ0n) is 20.8. The molecule has 5 rings (SSSR count). The van der Waals surface area contributed by atoms with Crippen molar-refractivity contribution in [2.45, 2.75) is 40.1 Å². The molecule has 0 atom stereocenters. The van der Waals surface area contributed by atoms with E-state index in [-0.39, 0.29) is 13.2 Å². The van der Waals surface area contributed by atoms with E-state index in [9.17, 15) is 18.0 Å². The lowest BCUT2D eigenvalue weighted by Crippen LogP contribution is -2.29. The second-order valence-electron chi connectivity index (χ2n) is 8.92. The molecule has 0 aliphatic heterocycles. The Kier molecular flexibility index (Phi) is 6.75. The van der Waals surface area contributed by atoms with Crippen molar-refractivity contribution >= 4 is 22.2 Å². The average molecular weight is 537 g/mol. The number of rotatable bonds is 6. The van der Waals surface area contributed by atoms with Gasteiger partial charge in [0, 0.05) is 39.5 Å². The summed E-state index contributed by atoms with van der Waals surface area (Å²) in [6.45, 7) is 5.79. The highest BCUT2D eigenvalue weighted by Gasteiger charge is 2.34. The molecule has 10 heteroatoms. The third-order valence-corrected chi connectivity index (χ3v) is 7.09. The standard InChI is InChI=1S/C28H23F3N4O2S/c1-16-9-10-32-23(13-35-11-5-7-22(27(35)36)28(29,30)31)21(16)14-37-24-8-4-6-19-20(12-17(2)34-26(19)24)25-18(3)38-15-33-25/h4-12,15H,13-14H2,1-3H3. The van der Waals surface area contributed by atoms with Gasteiger partial charge < -0.3 is 9.30 Å². The van der Waals surface area contributed by atoms with Crippen LogP contribution in [0.15, 0.2) is 65.2 Å². The van der Waals surface area contributed by atoms with Crippen molar-refractivity contribution in [1.82, 2.24) is 19.5 Å². The number of aryl methyl sites for hydroxylation is 3. The topological polar surface area (TPSA) is 69.9 Å². The van der Waals surface area contributed by atoms with Crippen molar-refractivity contribution in [2.75, 3.05) is 0 Å². The third-order valence-electron chi connectivity index (χ3n) is 6.33. The second kappa shape index (κ2) is 10.0. The van der Waals surface area contributed by atoms with E-state index >= 15 is 0 Å². The van der Waals surface area contributed by atoms with Crippen molar-refractivity contribution in [1.29, 1.82) is 0 Å². The Labute approximate surface area is 220 Å².